The summed E-state index contributed by atoms with van der Waals surface area (Å²) in [6.07, 6.45) is 9.18. The van der Waals surface area contributed by atoms with Gasteiger partial charge in [-0.3, -0.25) is 19.5 Å². The van der Waals surface area contributed by atoms with Crippen LogP contribution >= 0.6 is 0 Å². The van der Waals surface area contributed by atoms with Crippen molar-refractivity contribution >= 4 is 17.5 Å². The summed E-state index contributed by atoms with van der Waals surface area (Å²) in [5.74, 6) is -0.208. The fourth-order valence-corrected chi connectivity index (χ4v) is 4.18. The lowest BCUT2D eigenvalue weighted by molar-refractivity contribution is -0.116. The number of fused-ring (bicyclic) bond motifs is 1. The van der Waals surface area contributed by atoms with E-state index in [1.165, 1.54) is 12.8 Å². The highest BCUT2D eigenvalue weighted by molar-refractivity contribution is 5.97. The van der Waals surface area contributed by atoms with Crippen LogP contribution in [-0.4, -0.2) is 53.0 Å². The van der Waals surface area contributed by atoms with Gasteiger partial charge in [0.2, 0.25) is 5.91 Å². The number of nitrogens with zero attached hydrogens (tertiary/aromatic N) is 3. The van der Waals surface area contributed by atoms with Crippen molar-refractivity contribution in [1.29, 1.82) is 0 Å². The van der Waals surface area contributed by atoms with Crippen molar-refractivity contribution in [3.8, 4) is 0 Å². The third kappa shape index (κ3) is 6.87. The average molecular weight is 439 g/mol. The van der Waals surface area contributed by atoms with Crippen molar-refractivity contribution in [2.75, 3.05) is 31.1 Å². The van der Waals surface area contributed by atoms with E-state index in [4.69, 9.17) is 5.11 Å². The van der Waals surface area contributed by atoms with Gasteiger partial charge < -0.3 is 15.3 Å². The zero-order valence-electron chi connectivity index (χ0n) is 18.9. The van der Waals surface area contributed by atoms with Crippen molar-refractivity contribution in [3.63, 3.8) is 0 Å². The minimum absolute atomic E-state index is 0.0135. The quantitative estimate of drug-likeness (QED) is 0.749. The lowest BCUT2D eigenvalue weighted by atomic mass is 10.0. The van der Waals surface area contributed by atoms with Crippen LogP contribution in [0.25, 0.3) is 0 Å². The molecule has 0 aliphatic carbocycles. The molecule has 1 aromatic carbocycles. The Bertz CT molecular complexity index is 888. The Morgan fingerprint density at radius 1 is 1.09 bits per heavy atom. The number of pyridine rings is 1. The number of anilines is 1. The molecule has 1 aromatic heterocycles. The summed E-state index contributed by atoms with van der Waals surface area (Å²) >= 11 is 0. The number of aromatic nitrogens is 1. The highest BCUT2D eigenvalue weighted by Gasteiger charge is 2.20. The van der Waals surface area contributed by atoms with E-state index >= 15 is 0 Å². The van der Waals surface area contributed by atoms with Gasteiger partial charge in [-0.15, -0.1) is 0 Å². The summed E-state index contributed by atoms with van der Waals surface area (Å²) < 4.78 is 0. The minimum Gasteiger partial charge on any atom is -0.395 e. The number of hydrogen-bond donors (Lipinski definition) is 2. The summed E-state index contributed by atoms with van der Waals surface area (Å²) in [5.41, 5.74) is 3.50. The molecule has 1 aliphatic rings. The Morgan fingerprint density at radius 3 is 2.59 bits per heavy atom. The molecule has 2 N–H and O–H groups in total. The molecule has 0 fully saturated rings. The molecule has 7 nitrogen and oxygen atoms in total. The summed E-state index contributed by atoms with van der Waals surface area (Å²) in [5, 5.41) is 11.7. The van der Waals surface area contributed by atoms with Gasteiger partial charge in [0.25, 0.3) is 5.91 Å². The Morgan fingerprint density at radius 2 is 1.88 bits per heavy atom. The van der Waals surface area contributed by atoms with Gasteiger partial charge in [-0.1, -0.05) is 25.3 Å². The number of aliphatic hydroxyl groups excluding tert-OH is 1. The van der Waals surface area contributed by atoms with E-state index in [2.05, 4.69) is 21.3 Å². The van der Waals surface area contributed by atoms with Gasteiger partial charge in [-0.2, -0.15) is 0 Å². The van der Waals surface area contributed by atoms with Gasteiger partial charge in [0.15, 0.2) is 0 Å². The molecular formula is C25H34N4O3. The van der Waals surface area contributed by atoms with Gasteiger partial charge in [0.1, 0.15) is 0 Å². The maximum Gasteiger partial charge on any atom is 0.251 e. The molecule has 7 heteroatoms. The van der Waals surface area contributed by atoms with E-state index in [1.807, 2.05) is 29.3 Å². The van der Waals surface area contributed by atoms with Crippen LogP contribution in [-0.2, 0) is 17.9 Å². The molecular weight excluding hydrogens is 404 g/mol. The minimum atomic E-state index is -0.221. The van der Waals surface area contributed by atoms with E-state index in [0.29, 0.717) is 18.7 Å². The molecule has 2 aromatic rings. The Labute approximate surface area is 190 Å². The SMILES string of the molecule is CC(=O)N1CCCCCCCN(Cc2cccnc2)Cc2cc(C(=O)NCCO)ccc21. The van der Waals surface area contributed by atoms with Crippen LogP contribution in [0.2, 0.25) is 0 Å². The summed E-state index contributed by atoms with van der Waals surface area (Å²) in [4.78, 5) is 33.5. The highest BCUT2D eigenvalue weighted by atomic mass is 16.3. The first kappa shape index (κ1) is 23.9. The molecule has 0 saturated heterocycles. The Hall–Kier alpha value is -2.77. The van der Waals surface area contributed by atoms with Crippen LogP contribution in [0.5, 0.6) is 0 Å². The summed E-state index contributed by atoms with van der Waals surface area (Å²) in [6, 6.07) is 9.56. The number of rotatable bonds is 5. The van der Waals surface area contributed by atoms with E-state index in [9.17, 15) is 9.59 Å². The van der Waals surface area contributed by atoms with Crippen LogP contribution in [0, 0.1) is 0 Å². The molecule has 2 amide bonds. The fourth-order valence-electron chi connectivity index (χ4n) is 4.18. The number of carbonyl (C=O) groups is 2. The number of hydrogen-bond acceptors (Lipinski definition) is 5. The largest absolute Gasteiger partial charge is 0.395 e. The van der Waals surface area contributed by atoms with E-state index in [-0.39, 0.29) is 25.0 Å². The van der Waals surface area contributed by atoms with Gasteiger partial charge >= 0.3 is 0 Å². The molecule has 0 spiro atoms. The lowest BCUT2D eigenvalue weighted by Crippen LogP contribution is -2.33. The maximum atomic E-state index is 12.5. The van der Waals surface area contributed by atoms with Crippen molar-refractivity contribution in [3.05, 3.63) is 59.4 Å². The molecule has 3 rings (SSSR count). The van der Waals surface area contributed by atoms with Crippen molar-refractivity contribution < 1.29 is 14.7 Å². The molecule has 0 radical (unpaired) electrons. The number of aliphatic hydroxyl groups is 1. The normalized spacial score (nSPS) is 15.9. The standard InChI is InChI=1S/C25H34N4O3/c1-20(31)29-14-6-4-2-3-5-13-28(18-21-8-7-11-26-17-21)19-23-16-22(9-10-24(23)29)25(32)27-12-15-30/h7-11,16-17,30H,2-6,12-15,18-19H2,1H3,(H,27,32). The van der Waals surface area contributed by atoms with Crippen LogP contribution in [0.3, 0.4) is 0 Å². The maximum absolute atomic E-state index is 12.5. The zero-order chi connectivity index (χ0) is 22.8. The predicted molar refractivity (Wildman–Crippen MR) is 125 cm³/mol. The first-order chi connectivity index (χ1) is 15.6. The number of carbonyl (C=O) groups excluding carboxylic acids is 2. The number of amides is 2. The highest BCUT2D eigenvalue weighted by Crippen LogP contribution is 2.26. The summed E-state index contributed by atoms with van der Waals surface area (Å²) in [7, 11) is 0. The van der Waals surface area contributed by atoms with E-state index in [0.717, 1.165) is 49.2 Å². The molecule has 0 bridgehead atoms. The van der Waals surface area contributed by atoms with Crippen molar-refractivity contribution in [2.24, 2.45) is 0 Å². The van der Waals surface area contributed by atoms with Crippen LogP contribution in [0.15, 0.2) is 42.7 Å². The topological polar surface area (TPSA) is 85.8 Å². The van der Waals surface area contributed by atoms with Gasteiger partial charge in [0.05, 0.1) is 6.61 Å². The van der Waals surface area contributed by atoms with Crippen molar-refractivity contribution in [1.82, 2.24) is 15.2 Å². The van der Waals surface area contributed by atoms with Gasteiger partial charge in [0, 0.05) is 56.7 Å². The third-order valence-electron chi connectivity index (χ3n) is 5.79. The molecule has 1 aliphatic heterocycles. The molecule has 2 heterocycles. The van der Waals surface area contributed by atoms with E-state index in [1.54, 1.807) is 19.2 Å². The first-order valence-electron chi connectivity index (χ1n) is 11.5. The molecule has 32 heavy (non-hydrogen) atoms. The molecule has 0 unspecified atom stereocenters. The Balaban J connectivity index is 1.95. The lowest BCUT2D eigenvalue weighted by Gasteiger charge is -2.29. The number of nitrogens with one attached hydrogen (secondary N) is 1. The van der Waals surface area contributed by atoms with E-state index < -0.39 is 0 Å². The van der Waals surface area contributed by atoms with Crippen LogP contribution in [0.4, 0.5) is 5.69 Å². The van der Waals surface area contributed by atoms with Gasteiger partial charge in [-0.05, 0) is 54.8 Å². The van der Waals surface area contributed by atoms with Crippen molar-refractivity contribution in [2.45, 2.75) is 52.1 Å². The second-order valence-corrected chi connectivity index (χ2v) is 8.33. The molecule has 0 saturated carbocycles. The van der Waals surface area contributed by atoms with Crippen LogP contribution in [0.1, 0.15) is 60.5 Å². The molecule has 0 atom stereocenters. The average Bonchev–Trinajstić information content (AvgIpc) is 2.79. The first-order valence-corrected chi connectivity index (χ1v) is 11.5. The monoisotopic (exact) mass is 438 g/mol. The smallest absolute Gasteiger partial charge is 0.251 e. The van der Waals surface area contributed by atoms with Gasteiger partial charge in [-0.25, -0.2) is 0 Å². The second-order valence-electron chi connectivity index (χ2n) is 8.33. The summed E-state index contributed by atoms with van der Waals surface area (Å²) in [6.45, 7) is 4.72. The number of benzene rings is 1. The Kier molecular flexibility index (Phi) is 9.19. The third-order valence-corrected chi connectivity index (χ3v) is 5.79. The second kappa shape index (κ2) is 12.3. The molecule has 172 valence electrons. The zero-order valence-corrected chi connectivity index (χ0v) is 18.9. The van der Waals surface area contributed by atoms with Crippen LogP contribution < -0.4 is 10.2 Å². The fraction of sp³-hybridized carbons (Fsp3) is 0.480. The predicted octanol–water partition coefficient (Wildman–Crippen LogP) is 3.12.